The maximum absolute atomic E-state index is 12.5. The van der Waals surface area contributed by atoms with Gasteiger partial charge in [-0.2, -0.15) is 18.4 Å². The number of ether oxygens (including phenoxy) is 1. The Morgan fingerprint density at radius 2 is 2.15 bits per heavy atom. The number of carbonyl (C=O) groups excluding carboxylic acids is 1. The summed E-state index contributed by atoms with van der Waals surface area (Å²) in [5, 5.41) is 8.73. The number of halogens is 4. The third kappa shape index (κ3) is 4.94. The van der Waals surface area contributed by atoms with E-state index in [2.05, 4.69) is 4.74 Å². The molecule has 20 heavy (non-hydrogen) atoms. The van der Waals surface area contributed by atoms with Gasteiger partial charge >= 0.3 is 11.5 Å². The summed E-state index contributed by atoms with van der Waals surface area (Å²) in [6.07, 6.45) is -0.349. The van der Waals surface area contributed by atoms with Crippen LogP contribution in [0.4, 0.5) is 13.2 Å². The van der Waals surface area contributed by atoms with Crippen molar-refractivity contribution in [2.24, 2.45) is 0 Å². The number of hydrogen-bond donors (Lipinski definition) is 0. The third-order valence-electron chi connectivity index (χ3n) is 2.14. The van der Waals surface area contributed by atoms with Gasteiger partial charge < -0.3 is 4.74 Å². The molecule has 0 aromatic heterocycles. The summed E-state index contributed by atoms with van der Waals surface area (Å²) in [6.45, 7) is 1.71. The largest absolute Gasteiger partial charge is 0.466 e. The van der Waals surface area contributed by atoms with Crippen molar-refractivity contribution in [3.63, 3.8) is 0 Å². The zero-order valence-corrected chi connectivity index (χ0v) is 11.8. The first kappa shape index (κ1) is 16.7. The van der Waals surface area contributed by atoms with E-state index in [1.807, 2.05) is 0 Å². The molecule has 0 bridgehead atoms. The Hall–Kier alpha value is -1.39. The Morgan fingerprint density at radius 1 is 1.50 bits per heavy atom. The van der Waals surface area contributed by atoms with Crippen molar-refractivity contribution in [2.75, 3.05) is 6.61 Å². The Bertz CT molecular complexity index is 555. The van der Waals surface area contributed by atoms with Crippen molar-refractivity contribution in [1.82, 2.24) is 0 Å². The Morgan fingerprint density at radius 3 is 2.65 bits per heavy atom. The second-order valence-electron chi connectivity index (χ2n) is 3.58. The van der Waals surface area contributed by atoms with E-state index in [0.717, 1.165) is 6.07 Å². The fourth-order valence-corrected chi connectivity index (χ4v) is 2.37. The topological polar surface area (TPSA) is 50.1 Å². The zero-order valence-electron chi connectivity index (χ0n) is 10.3. The first-order valence-corrected chi connectivity index (χ1v) is 6.60. The second kappa shape index (κ2) is 6.86. The van der Waals surface area contributed by atoms with Crippen LogP contribution in [0.3, 0.4) is 0 Å². The average Bonchev–Trinajstić information content (AvgIpc) is 2.30. The molecule has 0 N–H and O–H groups in total. The highest BCUT2D eigenvalue weighted by Gasteiger charge is 2.31. The maximum Gasteiger partial charge on any atom is 0.446 e. The first-order valence-electron chi connectivity index (χ1n) is 5.40. The standard InChI is InChI=1S/C12H9ClF3NO2S/c1-2-19-11(18)4-7-3-8(6-17)9(13)5-10(7)20-12(14,15)16/h3,5H,2,4H2,1H3. The fraction of sp³-hybridized carbons (Fsp3) is 0.333. The Kier molecular flexibility index (Phi) is 5.72. The van der Waals surface area contributed by atoms with Crippen LogP contribution in [0.15, 0.2) is 17.0 Å². The molecule has 1 aromatic rings. The molecule has 0 amide bonds. The molecular formula is C12H9ClF3NO2S. The quantitative estimate of drug-likeness (QED) is 0.622. The molecule has 0 aliphatic rings. The summed E-state index contributed by atoms with van der Waals surface area (Å²) < 4.78 is 42.1. The molecule has 0 saturated carbocycles. The van der Waals surface area contributed by atoms with Crippen molar-refractivity contribution in [3.05, 3.63) is 28.3 Å². The van der Waals surface area contributed by atoms with Crippen LogP contribution in [0.25, 0.3) is 0 Å². The minimum Gasteiger partial charge on any atom is -0.466 e. The summed E-state index contributed by atoms with van der Waals surface area (Å²) in [5.74, 6) is -0.664. The molecule has 0 fully saturated rings. The Balaban J connectivity index is 3.16. The first-order chi connectivity index (χ1) is 9.26. The highest BCUT2D eigenvalue weighted by Crippen LogP contribution is 2.40. The van der Waals surface area contributed by atoms with Crippen molar-refractivity contribution >= 4 is 29.3 Å². The lowest BCUT2D eigenvalue weighted by Gasteiger charge is -2.12. The SMILES string of the molecule is CCOC(=O)Cc1cc(C#N)c(Cl)cc1SC(F)(F)F. The summed E-state index contributed by atoms with van der Waals surface area (Å²) in [6, 6.07) is 3.96. The molecule has 0 radical (unpaired) electrons. The lowest BCUT2D eigenvalue weighted by Crippen LogP contribution is -2.10. The lowest BCUT2D eigenvalue weighted by molar-refractivity contribution is -0.142. The molecule has 0 spiro atoms. The van der Waals surface area contributed by atoms with Gasteiger partial charge in [-0.3, -0.25) is 4.79 Å². The lowest BCUT2D eigenvalue weighted by atomic mass is 10.1. The van der Waals surface area contributed by atoms with Gasteiger partial charge in [0, 0.05) is 4.90 Å². The minimum atomic E-state index is -4.51. The van der Waals surface area contributed by atoms with Crippen LogP contribution in [-0.2, 0) is 16.0 Å². The number of alkyl halides is 3. The predicted molar refractivity (Wildman–Crippen MR) is 68.4 cm³/mol. The number of carbonyl (C=O) groups is 1. The van der Waals surface area contributed by atoms with E-state index in [1.165, 1.54) is 6.07 Å². The molecule has 108 valence electrons. The van der Waals surface area contributed by atoms with Gasteiger partial charge in [-0.15, -0.1) is 0 Å². The minimum absolute atomic E-state index is 0.0116. The molecular weight excluding hydrogens is 315 g/mol. The normalized spacial score (nSPS) is 11.0. The van der Waals surface area contributed by atoms with Crippen molar-refractivity contribution in [2.45, 2.75) is 23.7 Å². The van der Waals surface area contributed by atoms with Gasteiger partial charge in [-0.1, -0.05) is 11.6 Å². The molecule has 0 aliphatic carbocycles. The Labute approximate surface area is 122 Å². The van der Waals surface area contributed by atoms with E-state index in [-0.39, 0.29) is 45.8 Å². The van der Waals surface area contributed by atoms with Crippen LogP contribution in [0.2, 0.25) is 5.02 Å². The van der Waals surface area contributed by atoms with Gasteiger partial charge in [0.1, 0.15) is 6.07 Å². The predicted octanol–water partition coefficient (Wildman–Crippen LogP) is 3.93. The summed E-state index contributed by atoms with van der Waals surface area (Å²) in [5.41, 5.74) is -4.44. The molecule has 0 unspecified atom stereocenters. The van der Waals surface area contributed by atoms with E-state index in [9.17, 15) is 18.0 Å². The van der Waals surface area contributed by atoms with Gasteiger partial charge in [0.25, 0.3) is 0 Å². The maximum atomic E-state index is 12.5. The molecule has 0 aliphatic heterocycles. The molecule has 0 heterocycles. The molecule has 0 atom stereocenters. The van der Waals surface area contributed by atoms with Crippen LogP contribution in [-0.4, -0.2) is 18.1 Å². The number of esters is 1. The number of rotatable bonds is 4. The van der Waals surface area contributed by atoms with Crippen LogP contribution >= 0.6 is 23.4 Å². The van der Waals surface area contributed by atoms with Crippen molar-refractivity contribution < 1.29 is 22.7 Å². The van der Waals surface area contributed by atoms with E-state index >= 15 is 0 Å². The number of hydrogen-bond acceptors (Lipinski definition) is 4. The zero-order chi connectivity index (χ0) is 15.3. The number of benzene rings is 1. The third-order valence-corrected chi connectivity index (χ3v) is 3.28. The van der Waals surface area contributed by atoms with Gasteiger partial charge in [-0.25, -0.2) is 0 Å². The number of thioether (sulfide) groups is 1. The van der Waals surface area contributed by atoms with Gasteiger partial charge in [0.15, 0.2) is 0 Å². The van der Waals surface area contributed by atoms with Crippen molar-refractivity contribution in [1.29, 1.82) is 5.26 Å². The van der Waals surface area contributed by atoms with Crippen LogP contribution in [0.1, 0.15) is 18.1 Å². The second-order valence-corrected chi connectivity index (χ2v) is 5.10. The fourth-order valence-electron chi connectivity index (χ4n) is 1.41. The highest BCUT2D eigenvalue weighted by atomic mass is 35.5. The van der Waals surface area contributed by atoms with Crippen LogP contribution < -0.4 is 0 Å². The van der Waals surface area contributed by atoms with Gasteiger partial charge in [0.2, 0.25) is 0 Å². The molecule has 1 rings (SSSR count). The van der Waals surface area contributed by atoms with E-state index < -0.39 is 11.5 Å². The highest BCUT2D eigenvalue weighted by molar-refractivity contribution is 8.00. The van der Waals surface area contributed by atoms with Crippen LogP contribution in [0.5, 0.6) is 0 Å². The number of nitrogens with zero attached hydrogens (tertiary/aromatic N) is 1. The molecule has 3 nitrogen and oxygen atoms in total. The van der Waals surface area contributed by atoms with Gasteiger partial charge in [-0.05, 0) is 36.4 Å². The number of nitriles is 1. The molecule has 1 aromatic carbocycles. The van der Waals surface area contributed by atoms with Crippen molar-refractivity contribution in [3.8, 4) is 6.07 Å². The average molecular weight is 324 g/mol. The molecule has 0 saturated heterocycles. The van der Waals surface area contributed by atoms with E-state index in [1.54, 1.807) is 13.0 Å². The molecule has 8 heteroatoms. The summed E-state index contributed by atoms with van der Waals surface area (Å²) >= 11 is 5.33. The summed E-state index contributed by atoms with van der Waals surface area (Å²) in [7, 11) is 0. The van der Waals surface area contributed by atoms with E-state index in [0.29, 0.717) is 0 Å². The van der Waals surface area contributed by atoms with Crippen LogP contribution in [0, 0.1) is 11.3 Å². The monoisotopic (exact) mass is 323 g/mol. The van der Waals surface area contributed by atoms with Gasteiger partial charge in [0.05, 0.1) is 23.6 Å². The summed E-state index contributed by atoms with van der Waals surface area (Å²) in [4.78, 5) is 11.2. The smallest absolute Gasteiger partial charge is 0.446 e. The van der Waals surface area contributed by atoms with E-state index in [4.69, 9.17) is 16.9 Å².